The Labute approximate surface area is 108 Å². The molecule has 0 aliphatic rings. The van der Waals surface area contributed by atoms with E-state index in [-0.39, 0.29) is 0 Å². The van der Waals surface area contributed by atoms with Crippen molar-refractivity contribution in [2.75, 3.05) is 0 Å². The number of aryl methyl sites for hydroxylation is 2. The van der Waals surface area contributed by atoms with Crippen LogP contribution in [0.25, 0.3) is 11.3 Å². The van der Waals surface area contributed by atoms with Crippen molar-refractivity contribution in [2.45, 2.75) is 40.3 Å². The molecule has 0 fully saturated rings. The van der Waals surface area contributed by atoms with E-state index in [0.717, 1.165) is 28.2 Å². The first kappa shape index (κ1) is 12.8. The lowest BCUT2D eigenvalue weighted by Crippen LogP contribution is -2.05. The molecular formula is C13H21N5. The third kappa shape index (κ3) is 1.95. The van der Waals surface area contributed by atoms with Crippen LogP contribution >= 0.6 is 0 Å². The summed E-state index contributed by atoms with van der Waals surface area (Å²) in [5.74, 6) is 0. The average Bonchev–Trinajstić information content (AvgIpc) is 2.79. The zero-order valence-corrected chi connectivity index (χ0v) is 11.7. The minimum Gasteiger partial charge on any atom is -0.326 e. The maximum Gasteiger partial charge on any atom is 0.100 e. The molecule has 0 amide bonds. The second-order valence-electron chi connectivity index (χ2n) is 4.96. The molecule has 18 heavy (non-hydrogen) atoms. The summed E-state index contributed by atoms with van der Waals surface area (Å²) in [7, 11) is 1.92. The number of rotatable bonds is 3. The van der Waals surface area contributed by atoms with Crippen molar-refractivity contribution >= 4 is 0 Å². The minimum absolute atomic E-state index is 0.350. The Morgan fingerprint density at radius 3 is 2.44 bits per heavy atom. The second kappa shape index (κ2) is 4.57. The van der Waals surface area contributed by atoms with Crippen LogP contribution < -0.4 is 5.73 Å². The summed E-state index contributed by atoms with van der Waals surface area (Å²) >= 11 is 0. The first-order valence-electron chi connectivity index (χ1n) is 6.24. The van der Waals surface area contributed by atoms with E-state index in [2.05, 4.69) is 31.0 Å². The number of aromatic nitrogens is 4. The van der Waals surface area contributed by atoms with Crippen LogP contribution in [0.5, 0.6) is 0 Å². The molecule has 0 saturated carbocycles. The van der Waals surface area contributed by atoms with Crippen LogP contribution in [0.4, 0.5) is 0 Å². The number of hydrogen-bond donors (Lipinski definition) is 1. The first-order valence-corrected chi connectivity index (χ1v) is 6.24. The predicted octanol–water partition coefficient (Wildman–Crippen LogP) is 1.94. The maximum absolute atomic E-state index is 5.79. The normalized spacial score (nSPS) is 11.5. The molecule has 0 unspecified atom stereocenters. The van der Waals surface area contributed by atoms with Gasteiger partial charge in [0, 0.05) is 42.7 Å². The Balaban J connectivity index is 2.63. The van der Waals surface area contributed by atoms with Crippen LogP contribution in [0.1, 0.15) is 36.8 Å². The van der Waals surface area contributed by atoms with Gasteiger partial charge in [-0.2, -0.15) is 10.2 Å². The van der Waals surface area contributed by atoms with Gasteiger partial charge in [-0.05, 0) is 27.7 Å². The van der Waals surface area contributed by atoms with Gasteiger partial charge in [-0.3, -0.25) is 9.36 Å². The summed E-state index contributed by atoms with van der Waals surface area (Å²) in [6.07, 6.45) is 1.97. The highest BCUT2D eigenvalue weighted by atomic mass is 15.3. The van der Waals surface area contributed by atoms with Crippen molar-refractivity contribution in [3.63, 3.8) is 0 Å². The van der Waals surface area contributed by atoms with Crippen LogP contribution in [0.3, 0.4) is 0 Å². The minimum atomic E-state index is 0.350. The maximum atomic E-state index is 5.79. The zero-order chi connectivity index (χ0) is 13.4. The lowest BCUT2D eigenvalue weighted by molar-refractivity contribution is 0.516. The molecule has 2 heterocycles. The Morgan fingerprint density at radius 1 is 1.28 bits per heavy atom. The van der Waals surface area contributed by atoms with Crippen LogP contribution in [0.15, 0.2) is 6.20 Å². The van der Waals surface area contributed by atoms with E-state index in [1.165, 1.54) is 0 Å². The molecule has 0 radical (unpaired) electrons. The summed E-state index contributed by atoms with van der Waals surface area (Å²) in [6, 6.07) is 0.350. The third-order valence-corrected chi connectivity index (χ3v) is 3.18. The number of nitrogens with zero attached hydrogens (tertiary/aromatic N) is 4. The van der Waals surface area contributed by atoms with Crippen molar-refractivity contribution in [3.8, 4) is 11.3 Å². The molecule has 0 bridgehead atoms. The molecule has 0 aromatic carbocycles. The van der Waals surface area contributed by atoms with Gasteiger partial charge in [-0.25, -0.2) is 0 Å². The topological polar surface area (TPSA) is 61.7 Å². The van der Waals surface area contributed by atoms with E-state index in [1.54, 1.807) is 0 Å². The highest BCUT2D eigenvalue weighted by Crippen LogP contribution is 2.29. The number of nitrogens with two attached hydrogens (primary N) is 1. The molecule has 98 valence electrons. The van der Waals surface area contributed by atoms with Crippen molar-refractivity contribution < 1.29 is 0 Å². The molecule has 0 aliphatic carbocycles. The molecule has 5 heteroatoms. The molecule has 0 aliphatic heterocycles. The Hall–Kier alpha value is -1.62. The third-order valence-electron chi connectivity index (χ3n) is 3.18. The summed E-state index contributed by atoms with van der Waals surface area (Å²) in [4.78, 5) is 0. The summed E-state index contributed by atoms with van der Waals surface area (Å²) < 4.78 is 3.85. The molecule has 2 aromatic rings. The molecule has 2 rings (SSSR count). The molecule has 0 saturated heterocycles. The smallest absolute Gasteiger partial charge is 0.100 e. The van der Waals surface area contributed by atoms with Crippen LogP contribution in [0, 0.1) is 13.8 Å². The summed E-state index contributed by atoms with van der Waals surface area (Å²) in [5.41, 5.74) is 11.1. The average molecular weight is 247 g/mol. The van der Waals surface area contributed by atoms with Crippen molar-refractivity contribution in [2.24, 2.45) is 12.8 Å². The fraction of sp³-hybridized carbons (Fsp3) is 0.538. The lowest BCUT2D eigenvalue weighted by atomic mass is 10.1. The van der Waals surface area contributed by atoms with Gasteiger partial charge in [0.2, 0.25) is 0 Å². The molecule has 0 atom stereocenters. The van der Waals surface area contributed by atoms with E-state index in [9.17, 15) is 0 Å². The Kier molecular flexibility index (Phi) is 3.26. The van der Waals surface area contributed by atoms with E-state index in [4.69, 9.17) is 5.73 Å². The van der Waals surface area contributed by atoms with E-state index in [0.29, 0.717) is 12.6 Å². The van der Waals surface area contributed by atoms with Gasteiger partial charge in [0.1, 0.15) is 5.69 Å². The largest absolute Gasteiger partial charge is 0.326 e. The van der Waals surface area contributed by atoms with Gasteiger partial charge >= 0.3 is 0 Å². The molecule has 2 aromatic heterocycles. The van der Waals surface area contributed by atoms with Crippen LogP contribution in [0.2, 0.25) is 0 Å². The van der Waals surface area contributed by atoms with Crippen molar-refractivity contribution in [1.82, 2.24) is 19.6 Å². The second-order valence-corrected chi connectivity index (χ2v) is 4.96. The van der Waals surface area contributed by atoms with Gasteiger partial charge in [0.25, 0.3) is 0 Å². The predicted molar refractivity (Wildman–Crippen MR) is 72.2 cm³/mol. The van der Waals surface area contributed by atoms with Crippen molar-refractivity contribution in [3.05, 3.63) is 23.1 Å². The molecule has 0 spiro atoms. The Morgan fingerprint density at radius 2 is 1.94 bits per heavy atom. The fourth-order valence-corrected chi connectivity index (χ4v) is 2.41. The first-order chi connectivity index (χ1) is 8.45. The van der Waals surface area contributed by atoms with E-state index in [1.807, 2.05) is 29.5 Å². The fourth-order valence-electron chi connectivity index (χ4n) is 2.41. The lowest BCUT2D eigenvalue weighted by Gasteiger charge is -2.08. The molecular weight excluding hydrogens is 226 g/mol. The molecule has 2 N–H and O–H groups in total. The molecule has 5 nitrogen and oxygen atoms in total. The van der Waals surface area contributed by atoms with Gasteiger partial charge in [0.15, 0.2) is 0 Å². The SMILES string of the molecule is Cc1nn(C(C)C)c(C)c1-c1nn(C)cc1CN. The summed E-state index contributed by atoms with van der Waals surface area (Å²) in [5, 5.41) is 9.13. The van der Waals surface area contributed by atoms with E-state index >= 15 is 0 Å². The monoisotopic (exact) mass is 247 g/mol. The highest BCUT2D eigenvalue weighted by molar-refractivity contribution is 5.67. The van der Waals surface area contributed by atoms with Gasteiger partial charge < -0.3 is 5.73 Å². The highest BCUT2D eigenvalue weighted by Gasteiger charge is 2.19. The number of hydrogen-bond acceptors (Lipinski definition) is 3. The van der Waals surface area contributed by atoms with Crippen LogP contribution in [-0.4, -0.2) is 19.6 Å². The van der Waals surface area contributed by atoms with Gasteiger partial charge in [-0.1, -0.05) is 0 Å². The van der Waals surface area contributed by atoms with Crippen LogP contribution in [-0.2, 0) is 13.6 Å². The van der Waals surface area contributed by atoms with Gasteiger partial charge in [-0.15, -0.1) is 0 Å². The Bertz CT molecular complexity index is 562. The summed E-state index contributed by atoms with van der Waals surface area (Å²) in [6.45, 7) is 8.87. The van der Waals surface area contributed by atoms with Crippen molar-refractivity contribution in [1.29, 1.82) is 0 Å². The van der Waals surface area contributed by atoms with Gasteiger partial charge in [0.05, 0.1) is 5.69 Å². The standard InChI is InChI=1S/C13H21N5/c1-8(2)18-10(4)12(9(3)15-18)13-11(6-14)7-17(5)16-13/h7-8H,6,14H2,1-5H3. The zero-order valence-electron chi connectivity index (χ0n) is 11.7. The van der Waals surface area contributed by atoms with E-state index < -0.39 is 0 Å². The quantitative estimate of drug-likeness (QED) is 0.901.